The molecule has 19 heavy (non-hydrogen) atoms. The van der Waals surface area contributed by atoms with Gasteiger partial charge in [-0.1, -0.05) is 34.8 Å². The summed E-state index contributed by atoms with van der Waals surface area (Å²) >= 11 is 17.7. The van der Waals surface area contributed by atoms with Gasteiger partial charge in [-0.05, 0) is 18.6 Å². The summed E-state index contributed by atoms with van der Waals surface area (Å²) < 4.78 is 0. The van der Waals surface area contributed by atoms with Gasteiger partial charge >= 0.3 is 0 Å². The van der Waals surface area contributed by atoms with Crippen molar-refractivity contribution in [1.82, 2.24) is 4.90 Å². The Bertz CT molecular complexity index is 495. The molecule has 0 spiro atoms. The van der Waals surface area contributed by atoms with Crippen molar-refractivity contribution in [2.75, 3.05) is 25.0 Å². The number of anilines is 1. The first kappa shape index (κ1) is 14.9. The molecule has 1 heterocycles. The summed E-state index contributed by atoms with van der Waals surface area (Å²) in [4.78, 5) is 13.9. The summed E-state index contributed by atoms with van der Waals surface area (Å²) in [6, 6.07) is 3.20. The Labute approximate surface area is 126 Å². The lowest BCUT2D eigenvalue weighted by molar-refractivity contribution is -0.117. The second kappa shape index (κ2) is 6.29. The van der Waals surface area contributed by atoms with Gasteiger partial charge in [-0.2, -0.15) is 0 Å². The van der Waals surface area contributed by atoms with E-state index in [1.165, 1.54) is 6.07 Å². The maximum atomic E-state index is 11.9. The summed E-state index contributed by atoms with van der Waals surface area (Å²) in [5.41, 5.74) is 6.25. The number of halogens is 3. The van der Waals surface area contributed by atoms with Crippen molar-refractivity contribution in [1.29, 1.82) is 0 Å². The number of nitrogens with one attached hydrogen (secondary N) is 1. The van der Waals surface area contributed by atoms with Gasteiger partial charge in [0.25, 0.3) is 0 Å². The van der Waals surface area contributed by atoms with Crippen LogP contribution in [0.1, 0.15) is 6.42 Å². The number of benzene rings is 1. The van der Waals surface area contributed by atoms with Crippen LogP contribution in [0.2, 0.25) is 15.1 Å². The fourth-order valence-electron chi connectivity index (χ4n) is 2.02. The van der Waals surface area contributed by atoms with E-state index in [0.717, 1.165) is 19.5 Å². The van der Waals surface area contributed by atoms with Gasteiger partial charge in [0.05, 0.1) is 27.3 Å². The van der Waals surface area contributed by atoms with Crippen molar-refractivity contribution in [3.63, 3.8) is 0 Å². The number of nitrogens with two attached hydrogens (primary N) is 1. The molecular formula is C12H14Cl3N3O. The lowest BCUT2D eigenvalue weighted by atomic mass is 10.3. The molecule has 1 amide bonds. The number of rotatable bonds is 3. The molecule has 7 heteroatoms. The Balaban J connectivity index is 1.97. The van der Waals surface area contributed by atoms with Gasteiger partial charge in [0.15, 0.2) is 0 Å². The third-order valence-electron chi connectivity index (χ3n) is 2.96. The number of hydrogen-bond acceptors (Lipinski definition) is 3. The average molecular weight is 323 g/mol. The Morgan fingerprint density at radius 3 is 2.63 bits per heavy atom. The molecule has 0 aliphatic carbocycles. The van der Waals surface area contributed by atoms with Crippen LogP contribution in [0.15, 0.2) is 12.1 Å². The number of likely N-dealkylation sites (tertiary alicyclic amines) is 1. The zero-order valence-corrected chi connectivity index (χ0v) is 12.4. The van der Waals surface area contributed by atoms with Crippen molar-refractivity contribution in [2.45, 2.75) is 12.5 Å². The molecule has 1 aromatic rings. The van der Waals surface area contributed by atoms with E-state index >= 15 is 0 Å². The lowest BCUT2D eigenvalue weighted by Crippen LogP contribution is -2.33. The SMILES string of the molecule is N[C@H]1CCN(CC(=O)Nc2cc(Cl)c(Cl)cc2Cl)C1. The largest absolute Gasteiger partial charge is 0.326 e. The van der Waals surface area contributed by atoms with Gasteiger partial charge in [-0.25, -0.2) is 0 Å². The number of carbonyl (C=O) groups is 1. The van der Waals surface area contributed by atoms with E-state index in [0.29, 0.717) is 27.3 Å². The van der Waals surface area contributed by atoms with Crippen LogP contribution in [0.3, 0.4) is 0 Å². The maximum Gasteiger partial charge on any atom is 0.238 e. The zero-order valence-electron chi connectivity index (χ0n) is 10.1. The van der Waals surface area contributed by atoms with Crippen LogP contribution in [0.25, 0.3) is 0 Å². The number of hydrogen-bond donors (Lipinski definition) is 2. The van der Waals surface area contributed by atoms with Gasteiger partial charge in [-0.3, -0.25) is 9.69 Å². The Kier molecular flexibility index (Phi) is 4.92. The molecule has 0 radical (unpaired) electrons. The van der Waals surface area contributed by atoms with Crippen molar-refractivity contribution in [3.8, 4) is 0 Å². The van der Waals surface area contributed by atoms with Crippen molar-refractivity contribution < 1.29 is 4.79 Å². The van der Waals surface area contributed by atoms with E-state index in [9.17, 15) is 4.79 Å². The van der Waals surface area contributed by atoms with Crippen LogP contribution in [-0.4, -0.2) is 36.5 Å². The minimum absolute atomic E-state index is 0.144. The first-order valence-electron chi connectivity index (χ1n) is 5.88. The molecule has 0 unspecified atom stereocenters. The molecule has 0 aromatic heterocycles. The summed E-state index contributed by atoms with van der Waals surface area (Å²) in [7, 11) is 0. The van der Waals surface area contributed by atoms with Crippen molar-refractivity contribution >= 4 is 46.4 Å². The fourth-order valence-corrected chi connectivity index (χ4v) is 2.61. The van der Waals surface area contributed by atoms with Crippen molar-refractivity contribution in [3.05, 3.63) is 27.2 Å². The molecule has 104 valence electrons. The quantitative estimate of drug-likeness (QED) is 0.841. The van der Waals surface area contributed by atoms with Gasteiger partial charge < -0.3 is 11.1 Å². The first-order chi connectivity index (χ1) is 8.95. The van der Waals surface area contributed by atoms with E-state index in [-0.39, 0.29) is 11.9 Å². The molecule has 4 nitrogen and oxygen atoms in total. The normalized spacial score (nSPS) is 19.7. The number of carbonyl (C=O) groups excluding carboxylic acids is 1. The van der Waals surface area contributed by atoms with E-state index in [1.54, 1.807) is 6.07 Å². The Hall–Kier alpha value is -0.520. The second-order valence-corrected chi connectivity index (χ2v) is 5.80. The summed E-state index contributed by atoms with van der Waals surface area (Å²) in [6.07, 6.45) is 0.917. The molecular weight excluding hydrogens is 309 g/mol. The highest BCUT2D eigenvalue weighted by atomic mass is 35.5. The summed E-state index contributed by atoms with van der Waals surface area (Å²) in [6.45, 7) is 1.87. The molecule has 1 aliphatic heterocycles. The minimum Gasteiger partial charge on any atom is -0.326 e. The Morgan fingerprint density at radius 2 is 2.00 bits per heavy atom. The van der Waals surface area contributed by atoms with E-state index < -0.39 is 0 Å². The van der Waals surface area contributed by atoms with Crippen LogP contribution in [0, 0.1) is 0 Å². The summed E-state index contributed by atoms with van der Waals surface area (Å²) in [5, 5.41) is 3.79. The predicted octanol–water partition coefficient (Wildman–Crippen LogP) is 2.62. The topological polar surface area (TPSA) is 58.4 Å². The number of amides is 1. The van der Waals surface area contributed by atoms with E-state index in [1.807, 2.05) is 4.90 Å². The van der Waals surface area contributed by atoms with Crippen LogP contribution in [-0.2, 0) is 4.79 Å². The van der Waals surface area contributed by atoms with Crippen LogP contribution in [0.4, 0.5) is 5.69 Å². The standard InChI is InChI=1S/C12H14Cl3N3O/c13-8-3-10(15)11(4-9(8)14)17-12(19)6-18-2-1-7(16)5-18/h3-4,7H,1-2,5-6,16H2,(H,17,19)/t7-/m0/s1. The third kappa shape index (κ3) is 3.97. The molecule has 1 saturated heterocycles. The third-order valence-corrected chi connectivity index (χ3v) is 3.99. The highest BCUT2D eigenvalue weighted by molar-refractivity contribution is 6.44. The fraction of sp³-hybridized carbons (Fsp3) is 0.417. The summed E-state index contributed by atoms with van der Waals surface area (Å²) in [5.74, 6) is -0.144. The van der Waals surface area contributed by atoms with Gasteiger partial charge in [0, 0.05) is 19.1 Å². The average Bonchev–Trinajstić information content (AvgIpc) is 2.71. The number of nitrogens with zero attached hydrogens (tertiary/aromatic N) is 1. The van der Waals surface area contributed by atoms with Crippen LogP contribution in [0.5, 0.6) is 0 Å². The highest BCUT2D eigenvalue weighted by Crippen LogP contribution is 2.32. The molecule has 1 atom stereocenters. The van der Waals surface area contributed by atoms with Crippen molar-refractivity contribution in [2.24, 2.45) is 5.73 Å². The maximum absolute atomic E-state index is 11.9. The smallest absolute Gasteiger partial charge is 0.238 e. The Morgan fingerprint density at radius 1 is 1.32 bits per heavy atom. The molecule has 1 aromatic carbocycles. The van der Waals surface area contributed by atoms with E-state index in [4.69, 9.17) is 40.5 Å². The lowest BCUT2D eigenvalue weighted by Gasteiger charge is -2.15. The van der Waals surface area contributed by atoms with Gasteiger partial charge in [0.2, 0.25) is 5.91 Å². The molecule has 0 saturated carbocycles. The first-order valence-corrected chi connectivity index (χ1v) is 7.01. The second-order valence-electron chi connectivity index (χ2n) is 4.58. The van der Waals surface area contributed by atoms with Crippen LogP contribution >= 0.6 is 34.8 Å². The molecule has 3 N–H and O–H groups in total. The van der Waals surface area contributed by atoms with E-state index in [2.05, 4.69) is 5.32 Å². The highest BCUT2D eigenvalue weighted by Gasteiger charge is 2.21. The molecule has 2 rings (SSSR count). The van der Waals surface area contributed by atoms with Crippen LogP contribution < -0.4 is 11.1 Å². The predicted molar refractivity (Wildman–Crippen MR) is 79.1 cm³/mol. The molecule has 1 aliphatic rings. The van der Waals surface area contributed by atoms with Gasteiger partial charge in [-0.15, -0.1) is 0 Å². The molecule has 0 bridgehead atoms. The minimum atomic E-state index is -0.144. The zero-order chi connectivity index (χ0) is 14.0. The molecule has 1 fully saturated rings. The van der Waals surface area contributed by atoms with Gasteiger partial charge in [0.1, 0.15) is 0 Å². The monoisotopic (exact) mass is 321 g/mol.